The van der Waals surface area contributed by atoms with Crippen LogP contribution in [0.15, 0.2) is 76.9 Å². The Morgan fingerprint density at radius 3 is 2.51 bits per heavy atom. The summed E-state index contributed by atoms with van der Waals surface area (Å²) in [6.07, 6.45) is 10.3. The number of hydrogen-bond donors (Lipinski definition) is 4. The van der Waals surface area contributed by atoms with Gasteiger partial charge < -0.3 is 39.3 Å². The molecule has 5 heterocycles. The third-order valence-electron chi connectivity index (χ3n) is 16.2. The van der Waals surface area contributed by atoms with Crippen LogP contribution in [0.5, 0.6) is 23.1 Å². The lowest BCUT2D eigenvalue weighted by molar-refractivity contribution is -0.0227. The molecule has 2 saturated heterocycles. The van der Waals surface area contributed by atoms with E-state index in [-0.39, 0.29) is 87.8 Å². The normalized spacial score (nSPS) is 23.8. The number of pyridine rings is 1. The van der Waals surface area contributed by atoms with Gasteiger partial charge in [-0.25, -0.2) is 17.5 Å². The standard InChI is InChI=1S/C54H66FN7O9S/c1-32(2)38-9-6-7-10-39(38)45-11-8-20-62(45)36-27-54(28-36)18-21-61(22-19-54)35-12-13-40(46(23-35)71-48-26-41-42(55)29-56-50(41)58-52(48)70-30-33(3)68-5)51(63)60-72(66,67)37-24-43(59-65)49-47(25-37)69-31-44(57-49)34-14-16-53(4,64)17-15-34/h6-7,9-10,12-13,23-26,29,32-34,36,44-45,57,64H,8,11,14-22,27-28,30-31H2,1-5H3,(H,56,58)(H,60,63)/t33?,34-,44-,45+,53-/m1/s1. The number of nitrogens with one attached hydrogen (secondary N) is 3. The number of aromatic amines is 1. The fourth-order valence-corrected chi connectivity index (χ4v) is 12.9. The molecule has 16 nitrogen and oxygen atoms in total. The summed E-state index contributed by atoms with van der Waals surface area (Å²) in [5.74, 6) is -0.887. The molecule has 3 aromatic carbocycles. The molecular weight excluding hydrogens is 942 g/mol. The van der Waals surface area contributed by atoms with Crippen molar-refractivity contribution in [2.24, 2.45) is 16.5 Å². The highest BCUT2D eigenvalue weighted by molar-refractivity contribution is 7.90. The van der Waals surface area contributed by atoms with Gasteiger partial charge in [-0.3, -0.25) is 9.69 Å². The summed E-state index contributed by atoms with van der Waals surface area (Å²) in [7, 11) is -3.11. The topological polar surface area (TPSA) is 197 Å². The maximum atomic E-state index is 15.1. The van der Waals surface area contributed by atoms with Gasteiger partial charge in [-0.15, -0.1) is 4.91 Å². The van der Waals surface area contributed by atoms with E-state index in [0.717, 1.165) is 69.9 Å². The van der Waals surface area contributed by atoms with Crippen LogP contribution in [0.2, 0.25) is 0 Å². The number of methoxy groups -OCH3 is 1. The van der Waals surface area contributed by atoms with E-state index in [0.29, 0.717) is 30.8 Å². The van der Waals surface area contributed by atoms with E-state index in [1.165, 1.54) is 48.4 Å². The summed E-state index contributed by atoms with van der Waals surface area (Å²) in [4.78, 5) is 38.5. The lowest BCUT2D eigenvalue weighted by atomic mass is 9.59. The Labute approximate surface area is 420 Å². The minimum Gasteiger partial charge on any atom is -0.489 e. The number of sulfonamides is 1. The van der Waals surface area contributed by atoms with E-state index in [9.17, 15) is 23.2 Å². The van der Waals surface area contributed by atoms with E-state index >= 15 is 4.39 Å². The van der Waals surface area contributed by atoms with Gasteiger partial charge in [0.05, 0.1) is 33.6 Å². The summed E-state index contributed by atoms with van der Waals surface area (Å²) in [5, 5.41) is 17.1. The number of aromatic nitrogens is 2. The average Bonchev–Trinajstić information content (AvgIpc) is 4.00. The Balaban J connectivity index is 0.896. The van der Waals surface area contributed by atoms with E-state index in [1.807, 2.05) is 13.8 Å². The van der Waals surface area contributed by atoms with E-state index in [4.69, 9.17) is 18.9 Å². The molecule has 2 aliphatic carbocycles. The van der Waals surface area contributed by atoms with Gasteiger partial charge in [0.15, 0.2) is 5.75 Å². The highest BCUT2D eigenvalue weighted by Crippen LogP contribution is 2.54. The molecule has 10 rings (SSSR count). The molecule has 3 atom stereocenters. The van der Waals surface area contributed by atoms with Crippen LogP contribution in [0.3, 0.4) is 0 Å². The Bertz CT molecular complexity index is 2940. The summed E-state index contributed by atoms with van der Waals surface area (Å²) in [6.45, 7) is 11.1. The molecule has 5 aliphatic rings. The van der Waals surface area contributed by atoms with Crippen LogP contribution < -0.4 is 29.1 Å². The van der Waals surface area contributed by atoms with Crippen molar-refractivity contribution < 1.29 is 41.7 Å². The van der Waals surface area contributed by atoms with Gasteiger partial charge in [0.25, 0.3) is 21.8 Å². The molecule has 2 aromatic heterocycles. The number of aliphatic hydroxyl groups is 1. The molecule has 72 heavy (non-hydrogen) atoms. The SMILES string of the molecule is COC(C)COc1nc2[nH]cc(F)c2cc1Oc1cc(N2CCC3(CC2)CC(N2CCC[C@H]2c2ccccc2C(C)C)C3)ccc1C(=O)NS(=O)(=O)c1cc(N=O)c2c(c1)OC[C@H]([C@H]1CC[C@](C)(O)CC1)N2. The number of nitrogens with zero attached hydrogens (tertiary/aromatic N) is 4. The van der Waals surface area contributed by atoms with Crippen molar-refractivity contribution in [1.82, 2.24) is 19.6 Å². The number of carbonyl (C=O) groups is 1. The van der Waals surface area contributed by atoms with Gasteiger partial charge in [0.2, 0.25) is 0 Å². The van der Waals surface area contributed by atoms with Crippen molar-refractivity contribution in [2.75, 3.05) is 50.2 Å². The second-order valence-corrected chi connectivity index (χ2v) is 23.1. The zero-order valence-corrected chi connectivity index (χ0v) is 42.5. The zero-order chi connectivity index (χ0) is 50.5. The van der Waals surface area contributed by atoms with Crippen LogP contribution in [0.1, 0.15) is 125 Å². The van der Waals surface area contributed by atoms with Crippen molar-refractivity contribution in [2.45, 2.75) is 133 Å². The quantitative estimate of drug-likeness (QED) is 0.0724. The van der Waals surface area contributed by atoms with Crippen molar-refractivity contribution in [3.8, 4) is 23.1 Å². The first-order chi connectivity index (χ1) is 34.5. The molecular formula is C54H66FN7O9S. The molecule has 1 unspecified atom stereocenters. The van der Waals surface area contributed by atoms with E-state index in [1.54, 1.807) is 19.2 Å². The molecule has 4 N–H and O–H groups in total. The van der Waals surface area contributed by atoms with Crippen molar-refractivity contribution in [3.05, 3.63) is 94.3 Å². The van der Waals surface area contributed by atoms with Crippen LogP contribution in [-0.4, -0.2) is 98.0 Å². The summed E-state index contributed by atoms with van der Waals surface area (Å²) in [5.41, 5.74) is 3.34. The third-order valence-corrected chi connectivity index (χ3v) is 17.5. The Kier molecular flexibility index (Phi) is 13.7. The summed E-state index contributed by atoms with van der Waals surface area (Å²) in [6, 6.07) is 18.5. The van der Waals surface area contributed by atoms with Gasteiger partial charge in [0.1, 0.15) is 47.6 Å². The lowest BCUT2D eigenvalue weighted by Crippen LogP contribution is -2.54. The van der Waals surface area contributed by atoms with Crippen LogP contribution in [0.4, 0.5) is 21.5 Å². The molecule has 1 spiro atoms. The Hall–Kier alpha value is -5.82. The molecule has 1 amide bonds. The highest BCUT2D eigenvalue weighted by Gasteiger charge is 2.50. The average molecular weight is 1010 g/mol. The predicted molar refractivity (Wildman–Crippen MR) is 273 cm³/mol. The highest BCUT2D eigenvalue weighted by atomic mass is 32.2. The van der Waals surface area contributed by atoms with Crippen LogP contribution in [-0.2, 0) is 14.8 Å². The number of benzene rings is 3. The number of piperidine rings is 1. The van der Waals surface area contributed by atoms with Crippen LogP contribution in [0.25, 0.3) is 11.0 Å². The molecule has 384 valence electrons. The number of hydrogen-bond acceptors (Lipinski definition) is 14. The predicted octanol–water partition coefficient (Wildman–Crippen LogP) is 10.2. The number of fused-ring (bicyclic) bond motifs is 2. The number of amides is 1. The number of halogens is 1. The van der Waals surface area contributed by atoms with Gasteiger partial charge in [-0.05, 0) is 136 Å². The fourth-order valence-electron chi connectivity index (χ4n) is 11.9. The second-order valence-electron chi connectivity index (χ2n) is 21.4. The zero-order valence-electron chi connectivity index (χ0n) is 41.7. The largest absolute Gasteiger partial charge is 0.489 e. The fraction of sp³-hybridized carbons (Fsp3) is 0.519. The van der Waals surface area contributed by atoms with E-state index < -0.39 is 32.2 Å². The van der Waals surface area contributed by atoms with Gasteiger partial charge in [-0.1, -0.05) is 38.1 Å². The van der Waals surface area contributed by atoms with Crippen LogP contribution in [0, 0.1) is 22.1 Å². The van der Waals surface area contributed by atoms with Gasteiger partial charge >= 0.3 is 0 Å². The maximum absolute atomic E-state index is 15.1. The number of rotatable bonds is 15. The Morgan fingerprint density at radius 2 is 1.78 bits per heavy atom. The number of anilines is 2. The van der Waals surface area contributed by atoms with Gasteiger partial charge in [-0.2, -0.15) is 4.98 Å². The van der Waals surface area contributed by atoms with Crippen molar-refractivity contribution in [3.63, 3.8) is 0 Å². The number of carbonyl (C=O) groups excluding carboxylic acids is 1. The van der Waals surface area contributed by atoms with Gasteiger partial charge in [0, 0.05) is 62.4 Å². The monoisotopic (exact) mass is 1010 g/mol. The summed E-state index contributed by atoms with van der Waals surface area (Å²) >= 11 is 0. The van der Waals surface area contributed by atoms with Crippen molar-refractivity contribution in [1.29, 1.82) is 0 Å². The molecule has 18 heteroatoms. The number of likely N-dealkylation sites (tertiary alicyclic amines) is 1. The lowest BCUT2D eigenvalue weighted by Gasteiger charge is -2.56. The molecule has 4 fully saturated rings. The first-order valence-corrected chi connectivity index (χ1v) is 27.0. The minimum atomic E-state index is -4.65. The minimum absolute atomic E-state index is 0.000760. The Morgan fingerprint density at radius 1 is 1.01 bits per heavy atom. The number of H-pyrrole nitrogens is 1. The molecule has 0 bridgehead atoms. The third kappa shape index (κ3) is 9.98. The first-order valence-electron chi connectivity index (χ1n) is 25.5. The number of ether oxygens (including phenoxy) is 4. The van der Waals surface area contributed by atoms with E-state index in [2.05, 4.69) is 73.1 Å². The maximum Gasteiger partial charge on any atom is 0.268 e. The second kappa shape index (κ2) is 19.9. The first kappa shape index (κ1) is 49.7. The van der Waals surface area contributed by atoms with Crippen LogP contribution >= 0.6 is 0 Å². The molecule has 0 radical (unpaired) electrons. The molecule has 3 aliphatic heterocycles. The molecule has 5 aromatic rings. The smallest absolute Gasteiger partial charge is 0.268 e. The van der Waals surface area contributed by atoms with Crippen molar-refractivity contribution >= 4 is 44.0 Å². The molecule has 2 saturated carbocycles. The number of nitroso groups, excluding NO2 is 1. The summed E-state index contributed by atoms with van der Waals surface area (Å²) < 4.78 is 69.5.